The van der Waals surface area contributed by atoms with Gasteiger partial charge in [-0.1, -0.05) is 22.0 Å². The molecule has 1 aromatic carbocycles. The van der Waals surface area contributed by atoms with Crippen LogP contribution in [-0.4, -0.2) is 37.1 Å². The first kappa shape index (κ1) is 16.0. The molecule has 0 bridgehead atoms. The van der Waals surface area contributed by atoms with Crippen molar-refractivity contribution in [1.29, 1.82) is 0 Å². The molecule has 5 heteroatoms. The number of aryl methyl sites for hydroxylation is 1. The molecule has 0 unspecified atom stereocenters. The van der Waals surface area contributed by atoms with Gasteiger partial charge in [-0.25, -0.2) is 4.79 Å². The van der Waals surface area contributed by atoms with Gasteiger partial charge >= 0.3 is 6.03 Å². The van der Waals surface area contributed by atoms with Gasteiger partial charge in [-0.15, -0.1) is 0 Å². The number of hydrogen-bond donors (Lipinski definition) is 2. The molecule has 0 radical (unpaired) electrons. The normalized spacial score (nSPS) is 11.5. The van der Waals surface area contributed by atoms with Gasteiger partial charge in [0.05, 0.1) is 0 Å². The van der Waals surface area contributed by atoms with Crippen molar-refractivity contribution in [3.05, 3.63) is 28.2 Å². The van der Waals surface area contributed by atoms with E-state index in [1.54, 1.807) is 0 Å². The third-order valence-electron chi connectivity index (χ3n) is 3.32. The molecule has 0 heterocycles. The van der Waals surface area contributed by atoms with E-state index < -0.39 is 0 Å². The monoisotopic (exact) mass is 327 g/mol. The highest BCUT2D eigenvalue weighted by atomic mass is 79.9. The van der Waals surface area contributed by atoms with Crippen LogP contribution in [0, 0.1) is 6.92 Å². The number of carbonyl (C=O) groups is 1. The Morgan fingerprint density at radius 1 is 1.37 bits per heavy atom. The first-order chi connectivity index (χ1) is 8.72. The molecule has 0 saturated heterocycles. The third-order valence-corrected chi connectivity index (χ3v) is 4.18. The van der Waals surface area contributed by atoms with Crippen molar-refractivity contribution >= 4 is 27.6 Å². The van der Waals surface area contributed by atoms with Gasteiger partial charge in [0.2, 0.25) is 0 Å². The largest absolute Gasteiger partial charge is 0.336 e. The summed E-state index contributed by atoms with van der Waals surface area (Å²) in [5.74, 6) is 0. The number of nitrogens with zero attached hydrogens (tertiary/aromatic N) is 1. The molecule has 4 nitrogen and oxygen atoms in total. The number of amides is 2. The second-order valence-corrected chi connectivity index (χ2v) is 6.33. The molecule has 19 heavy (non-hydrogen) atoms. The number of likely N-dealkylation sites (N-methyl/N-ethyl adjacent to an activating group) is 1. The summed E-state index contributed by atoms with van der Waals surface area (Å²) in [4.78, 5) is 13.9. The van der Waals surface area contributed by atoms with Crippen molar-refractivity contribution in [1.82, 2.24) is 10.2 Å². The van der Waals surface area contributed by atoms with Crippen LogP contribution in [0.25, 0.3) is 0 Å². The molecule has 2 amide bonds. The molecule has 0 aliphatic carbocycles. The summed E-state index contributed by atoms with van der Waals surface area (Å²) in [7, 11) is 3.99. The Morgan fingerprint density at radius 2 is 2.00 bits per heavy atom. The van der Waals surface area contributed by atoms with Crippen LogP contribution in [-0.2, 0) is 0 Å². The van der Waals surface area contributed by atoms with E-state index in [2.05, 4.69) is 45.3 Å². The van der Waals surface area contributed by atoms with Gasteiger partial charge in [0.1, 0.15) is 0 Å². The van der Waals surface area contributed by atoms with E-state index in [9.17, 15) is 4.79 Å². The van der Waals surface area contributed by atoms with Crippen molar-refractivity contribution in [2.24, 2.45) is 0 Å². The van der Waals surface area contributed by atoms with E-state index in [1.807, 2.05) is 39.2 Å². The van der Waals surface area contributed by atoms with Gasteiger partial charge in [-0.3, -0.25) is 0 Å². The van der Waals surface area contributed by atoms with Crippen molar-refractivity contribution in [2.45, 2.75) is 26.3 Å². The molecule has 1 aromatic rings. The Balaban J connectivity index is 2.54. The molecule has 0 saturated carbocycles. The topological polar surface area (TPSA) is 44.4 Å². The minimum atomic E-state index is -0.189. The van der Waals surface area contributed by atoms with Crippen molar-refractivity contribution < 1.29 is 4.79 Å². The van der Waals surface area contributed by atoms with Gasteiger partial charge in [0.15, 0.2) is 0 Å². The maximum absolute atomic E-state index is 11.8. The van der Waals surface area contributed by atoms with Crippen LogP contribution < -0.4 is 10.6 Å². The van der Waals surface area contributed by atoms with Crippen molar-refractivity contribution in [2.75, 3.05) is 26.0 Å². The number of urea groups is 1. The molecule has 2 N–H and O–H groups in total. The van der Waals surface area contributed by atoms with Gasteiger partial charge in [-0.2, -0.15) is 0 Å². The predicted octanol–water partition coefficient (Wildman–Crippen LogP) is 3.22. The lowest BCUT2D eigenvalue weighted by atomic mass is 10.1. The summed E-state index contributed by atoms with van der Waals surface area (Å²) in [6.07, 6.45) is 0. The minimum absolute atomic E-state index is 0.0782. The smallest absolute Gasteiger partial charge is 0.319 e. The summed E-state index contributed by atoms with van der Waals surface area (Å²) < 4.78 is 0.985. The van der Waals surface area contributed by atoms with Crippen molar-refractivity contribution in [3.8, 4) is 0 Å². The fourth-order valence-electron chi connectivity index (χ4n) is 1.30. The van der Waals surface area contributed by atoms with Crippen molar-refractivity contribution in [3.63, 3.8) is 0 Å². The molecule has 1 rings (SSSR count). The summed E-state index contributed by atoms with van der Waals surface area (Å²) >= 11 is 3.45. The van der Waals surface area contributed by atoms with E-state index in [-0.39, 0.29) is 11.6 Å². The summed E-state index contributed by atoms with van der Waals surface area (Å²) in [5.41, 5.74) is 1.84. The van der Waals surface area contributed by atoms with Gasteiger partial charge in [0, 0.05) is 22.2 Å². The molecule has 106 valence electrons. The standard InChI is InChI=1S/C14H22BrN3O/c1-10-6-7-11(8-12(10)15)17-13(19)16-9-14(2,3)18(4)5/h6-8H,9H2,1-5H3,(H2,16,17,19). The lowest BCUT2D eigenvalue weighted by Gasteiger charge is -2.32. The minimum Gasteiger partial charge on any atom is -0.336 e. The van der Waals surface area contributed by atoms with Gasteiger partial charge in [-0.05, 0) is 52.6 Å². The van der Waals surface area contributed by atoms with Gasteiger partial charge in [0.25, 0.3) is 0 Å². The lowest BCUT2D eigenvalue weighted by molar-refractivity contribution is 0.189. The van der Waals surface area contributed by atoms with Crippen LogP contribution in [0.5, 0.6) is 0 Å². The number of benzene rings is 1. The molecule has 0 aromatic heterocycles. The Kier molecular flexibility index (Phi) is 5.38. The van der Waals surface area contributed by atoms with Gasteiger partial charge < -0.3 is 15.5 Å². The third kappa shape index (κ3) is 4.84. The van der Waals surface area contributed by atoms with Crippen LogP contribution >= 0.6 is 15.9 Å². The first-order valence-electron chi connectivity index (χ1n) is 6.21. The highest BCUT2D eigenvalue weighted by Gasteiger charge is 2.20. The number of nitrogens with one attached hydrogen (secondary N) is 2. The predicted molar refractivity (Wildman–Crippen MR) is 83.7 cm³/mol. The molecule has 0 aliphatic rings. The Hall–Kier alpha value is -1.07. The zero-order valence-electron chi connectivity index (χ0n) is 12.2. The second-order valence-electron chi connectivity index (χ2n) is 5.48. The molecule has 0 aliphatic heterocycles. The van der Waals surface area contributed by atoms with Crippen LogP contribution in [0.4, 0.5) is 10.5 Å². The van der Waals surface area contributed by atoms with Crippen LogP contribution in [0.3, 0.4) is 0 Å². The molecule has 0 atom stereocenters. The number of rotatable bonds is 4. The highest BCUT2D eigenvalue weighted by molar-refractivity contribution is 9.10. The zero-order chi connectivity index (χ0) is 14.6. The Labute approximate surface area is 123 Å². The van der Waals surface area contributed by atoms with E-state index in [0.717, 1.165) is 15.7 Å². The fraction of sp³-hybridized carbons (Fsp3) is 0.500. The van der Waals surface area contributed by atoms with Crippen LogP contribution in [0.15, 0.2) is 22.7 Å². The van der Waals surface area contributed by atoms with E-state index in [0.29, 0.717) is 6.54 Å². The average Bonchev–Trinajstić information content (AvgIpc) is 2.31. The number of halogens is 1. The van der Waals surface area contributed by atoms with E-state index in [1.165, 1.54) is 0 Å². The maximum Gasteiger partial charge on any atom is 0.319 e. The molecular formula is C14H22BrN3O. The summed E-state index contributed by atoms with van der Waals surface area (Å²) in [5, 5.41) is 5.70. The quantitative estimate of drug-likeness (QED) is 0.891. The molecule has 0 fully saturated rings. The van der Waals surface area contributed by atoms with E-state index in [4.69, 9.17) is 0 Å². The fourth-order valence-corrected chi connectivity index (χ4v) is 1.68. The molecular weight excluding hydrogens is 306 g/mol. The number of anilines is 1. The average molecular weight is 328 g/mol. The van der Waals surface area contributed by atoms with Crippen LogP contribution in [0.1, 0.15) is 19.4 Å². The number of hydrogen-bond acceptors (Lipinski definition) is 2. The summed E-state index contributed by atoms with van der Waals surface area (Å²) in [6, 6.07) is 5.55. The maximum atomic E-state index is 11.8. The highest BCUT2D eigenvalue weighted by Crippen LogP contribution is 2.20. The Bertz CT molecular complexity index is 458. The van der Waals surface area contributed by atoms with Crippen LogP contribution in [0.2, 0.25) is 0 Å². The summed E-state index contributed by atoms with van der Waals surface area (Å²) in [6.45, 7) is 6.75. The molecule has 0 spiro atoms. The number of carbonyl (C=O) groups excluding carboxylic acids is 1. The second kappa shape index (κ2) is 6.39. The Morgan fingerprint density at radius 3 is 2.53 bits per heavy atom. The van der Waals surface area contributed by atoms with E-state index >= 15 is 0 Å². The SMILES string of the molecule is Cc1ccc(NC(=O)NCC(C)(C)N(C)C)cc1Br. The zero-order valence-corrected chi connectivity index (χ0v) is 13.8. The lowest BCUT2D eigenvalue weighted by Crippen LogP contribution is -2.49. The first-order valence-corrected chi connectivity index (χ1v) is 7.00.